The van der Waals surface area contributed by atoms with Crippen LogP contribution in [0.1, 0.15) is 37.7 Å². The molecule has 0 aliphatic carbocycles. The predicted molar refractivity (Wildman–Crippen MR) is 113 cm³/mol. The summed E-state index contributed by atoms with van der Waals surface area (Å²) < 4.78 is 16.8. The second-order valence-corrected chi connectivity index (χ2v) is 8.53. The van der Waals surface area contributed by atoms with E-state index in [1.807, 2.05) is 6.07 Å². The number of aliphatic hydroxyl groups is 1. The third-order valence-corrected chi connectivity index (χ3v) is 6.19. The maximum atomic E-state index is 10.3. The largest absolute Gasteiger partial charge is 0.493 e. The van der Waals surface area contributed by atoms with Crippen LogP contribution in [0.4, 0.5) is 0 Å². The van der Waals surface area contributed by atoms with Gasteiger partial charge in [0.1, 0.15) is 32.3 Å². The Morgan fingerprint density at radius 3 is 2.55 bits per heavy atom. The van der Waals surface area contributed by atoms with E-state index in [2.05, 4.69) is 12.1 Å². The molecule has 0 spiro atoms. The van der Waals surface area contributed by atoms with Crippen LogP contribution in [0.2, 0.25) is 0 Å². The fourth-order valence-electron chi connectivity index (χ4n) is 4.44. The number of morpholine rings is 1. The normalized spacial score (nSPS) is 19.4. The van der Waals surface area contributed by atoms with Gasteiger partial charge in [-0.25, -0.2) is 0 Å². The van der Waals surface area contributed by atoms with Gasteiger partial charge in [-0.05, 0) is 43.4 Å². The molecule has 0 saturated carbocycles. The van der Waals surface area contributed by atoms with Gasteiger partial charge in [-0.15, -0.1) is 0 Å². The molecule has 2 aliphatic rings. The van der Waals surface area contributed by atoms with Gasteiger partial charge >= 0.3 is 0 Å². The molecule has 3 N–H and O–H groups in total. The first-order valence-corrected chi connectivity index (χ1v) is 11.5. The summed E-state index contributed by atoms with van der Waals surface area (Å²) in [5, 5.41) is 10.3. The molecular weight excluding hydrogens is 368 g/mol. The Hall–Kier alpha value is -1.34. The van der Waals surface area contributed by atoms with E-state index in [1.165, 1.54) is 62.2 Å². The minimum atomic E-state index is -0.431. The van der Waals surface area contributed by atoms with Crippen LogP contribution in [-0.2, 0) is 11.2 Å². The van der Waals surface area contributed by atoms with Gasteiger partial charge in [0, 0.05) is 12.8 Å². The highest BCUT2D eigenvalue weighted by atomic mass is 16.5. The molecule has 2 saturated heterocycles. The zero-order valence-electron chi connectivity index (χ0n) is 18.1. The van der Waals surface area contributed by atoms with Crippen LogP contribution in [0.5, 0.6) is 11.5 Å². The van der Waals surface area contributed by atoms with Crippen LogP contribution in [-0.4, -0.2) is 77.4 Å². The Morgan fingerprint density at radius 2 is 1.79 bits per heavy atom. The molecule has 1 aromatic carbocycles. The zero-order chi connectivity index (χ0) is 20.3. The van der Waals surface area contributed by atoms with Crippen molar-refractivity contribution in [3.8, 4) is 11.5 Å². The van der Waals surface area contributed by atoms with E-state index >= 15 is 0 Å². The van der Waals surface area contributed by atoms with Crippen molar-refractivity contribution in [3.05, 3.63) is 23.8 Å². The van der Waals surface area contributed by atoms with Gasteiger partial charge in [0.05, 0.1) is 40.0 Å². The van der Waals surface area contributed by atoms with Gasteiger partial charge in [-0.1, -0.05) is 6.07 Å². The van der Waals surface area contributed by atoms with E-state index in [0.717, 1.165) is 50.8 Å². The summed E-state index contributed by atoms with van der Waals surface area (Å²) in [4.78, 5) is 3.17. The fourth-order valence-corrected chi connectivity index (χ4v) is 4.44. The van der Waals surface area contributed by atoms with Gasteiger partial charge in [-0.3, -0.25) is 0 Å². The quantitative estimate of drug-likeness (QED) is 0.417. The minimum Gasteiger partial charge on any atom is -0.493 e. The number of quaternary nitrogens is 2. The highest BCUT2D eigenvalue weighted by molar-refractivity contribution is 5.43. The molecule has 164 valence electrons. The lowest BCUT2D eigenvalue weighted by atomic mass is 10.1. The van der Waals surface area contributed by atoms with Gasteiger partial charge in [0.2, 0.25) is 0 Å². The molecule has 3 rings (SSSR count). The summed E-state index contributed by atoms with van der Waals surface area (Å²) in [6.45, 7) is 8.84. The highest BCUT2D eigenvalue weighted by Crippen LogP contribution is 2.28. The number of hydrogen-bond donors (Lipinski definition) is 3. The number of aliphatic hydroxyl groups excluding tert-OH is 1. The van der Waals surface area contributed by atoms with Gasteiger partial charge in [-0.2, -0.15) is 0 Å². The predicted octanol–water partition coefficient (Wildman–Crippen LogP) is -0.258. The lowest BCUT2D eigenvalue weighted by Crippen LogP contribution is -3.14. The first kappa shape index (κ1) is 22.3. The second kappa shape index (κ2) is 12.4. The van der Waals surface area contributed by atoms with Crippen molar-refractivity contribution in [2.75, 3.05) is 66.2 Å². The zero-order valence-corrected chi connectivity index (χ0v) is 18.1. The van der Waals surface area contributed by atoms with Crippen molar-refractivity contribution < 1.29 is 29.1 Å². The molecular formula is C23H40N2O4+2. The van der Waals surface area contributed by atoms with Crippen LogP contribution < -0.4 is 19.3 Å². The van der Waals surface area contributed by atoms with Crippen LogP contribution in [0, 0.1) is 0 Å². The highest BCUT2D eigenvalue weighted by Gasteiger charge is 2.20. The SMILES string of the molecule is COc1ccc(CCCCC[NH+]2CCOCC2)cc1OCC(O)C[NH+]1CCCC1. The second-order valence-electron chi connectivity index (χ2n) is 8.53. The van der Waals surface area contributed by atoms with Gasteiger partial charge in [0.15, 0.2) is 11.5 Å². The molecule has 2 fully saturated rings. The molecule has 0 bridgehead atoms. The van der Waals surface area contributed by atoms with Gasteiger partial charge < -0.3 is 29.1 Å². The number of nitrogens with one attached hydrogen (secondary N) is 2. The third-order valence-electron chi connectivity index (χ3n) is 6.19. The van der Waals surface area contributed by atoms with Crippen molar-refractivity contribution in [2.45, 2.75) is 44.6 Å². The van der Waals surface area contributed by atoms with Crippen LogP contribution in [0.3, 0.4) is 0 Å². The van der Waals surface area contributed by atoms with Crippen LogP contribution >= 0.6 is 0 Å². The Morgan fingerprint density at radius 1 is 1.00 bits per heavy atom. The number of aryl methyl sites for hydroxylation is 1. The summed E-state index contributed by atoms with van der Waals surface area (Å²) in [5.74, 6) is 1.49. The monoisotopic (exact) mass is 408 g/mol. The molecule has 1 aromatic rings. The molecule has 1 unspecified atom stereocenters. The van der Waals surface area contributed by atoms with Crippen molar-refractivity contribution in [3.63, 3.8) is 0 Å². The number of benzene rings is 1. The average molecular weight is 409 g/mol. The molecule has 0 amide bonds. The van der Waals surface area contributed by atoms with Crippen LogP contribution in [0.25, 0.3) is 0 Å². The molecule has 2 aliphatic heterocycles. The Bertz CT molecular complexity index is 586. The van der Waals surface area contributed by atoms with E-state index < -0.39 is 6.10 Å². The summed E-state index contributed by atoms with van der Waals surface area (Å²) >= 11 is 0. The number of ether oxygens (including phenoxy) is 3. The molecule has 6 nitrogen and oxygen atoms in total. The van der Waals surface area contributed by atoms with Crippen molar-refractivity contribution in [2.24, 2.45) is 0 Å². The molecule has 2 heterocycles. The van der Waals surface area contributed by atoms with E-state index in [-0.39, 0.29) is 0 Å². The number of unbranched alkanes of at least 4 members (excludes halogenated alkanes) is 2. The number of likely N-dealkylation sites (tertiary alicyclic amines) is 1. The van der Waals surface area contributed by atoms with E-state index in [0.29, 0.717) is 6.61 Å². The summed E-state index contributed by atoms with van der Waals surface area (Å²) in [6.07, 6.45) is 6.89. The van der Waals surface area contributed by atoms with Crippen molar-refractivity contribution >= 4 is 0 Å². The standard InChI is InChI=1S/C23H38N2O4/c1-27-22-9-8-20(7-3-2-4-10-24-13-15-28-16-14-24)17-23(22)29-19-21(26)18-25-11-5-6-12-25/h8-9,17,21,26H,2-7,10-16,18-19H2,1H3/p+2. The van der Waals surface area contributed by atoms with Crippen molar-refractivity contribution in [1.82, 2.24) is 0 Å². The molecule has 29 heavy (non-hydrogen) atoms. The van der Waals surface area contributed by atoms with Crippen LogP contribution in [0.15, 0.2) is 18.2 Å². The molecule has 1 atom stereocenters. The maximum Gasteiger partial charge on any atom is 0.161 e. The number of hydrogen-bond acceptors (Lipinski definition) is 4. The van der Waals surface area contributed by atoms with Gasteiger partial charge in [0.25, 0.3) is 0 Å². The Labute approximate surface area is 175 Å². The van der Waals surface area contributed by atoms with Crippen molar-refractivity contribution in [1.29, 1.82) is 0 Å². The topological polar surface area (TPSA) is 56.8 Å². The summed E-state index contributed by atoms with van der Waals surface area (Å²) in [6, 6.07) is 6.20. The number of rotatable bonds is 12. The number of methoxy groups -OCH3 is 1. The Kier molecular flexibility index (Phi) is 9.54. The third kappa shape index (κ3) is 7.78. The minimum absolute atomic E-state index is 0.325. The first-order chi connectivity index (χ1) is 14.2. The lowest BCUT2D eigenvalue weighted by molar-refractivity contribution is -0.908. The first-order valence-electron chi connectivity index (χ1n) is 11.5. The van der Waals surface area contributed by atoms with E-state index in [9.17, 15) is 5.11 Å². The smallest absolute Gasteiger partial charge is 0.161 e. The molecule has 0 radical (unpaired) electrons. The summed E-state index contributed by atoms with van der Waals surface area (Å²) in [5.41, 5.74) is 1.28. The fraction of sp³-hybridized carbons (Fsp3) is 0.739. The molecule has 0 aromatic heterocycles. The summed E-state index contributed by atoms with van der Waals surface area (Å²) in [7, 11) is 1.67. The lowest BCUT2D eigenvalue weighted by Gasteiger charge is -2.23. The van der Waals surface area contributed by atoms with E-state index in [1.54, 1.807) is 12.0 Å². The maximum absolute atomic E-state index is 10.3. The average Bonchev–Trinajstić information content (AvgIpc) is 3.26. The Balaban J connectivity index is 1.38. The van der Waals surface area contributed by atoms with E-state index in [4.69, 9.17) is 14.2 Å². The molecule has 6 heteroatoms.